The molecule has 0 radical (unpaired) electrons. The Labute approximate surface area is 146 Å². The highest BCUT2D eigenvalue weighted by Gasteiger charge is 2.29. The van der Waals surface area contributed by atoms with Crippen molar-refractivity contribution in [2.45, 2.75) is 33.7 Å². The van der Waals surface area contributed by atoms with Crippen molar-refractivity contribution in [3.8, 4) is 11.5 Å². The van der Waals surface area contributed by atoms with Gasteiger partial charge in [0.15, 0.2) is 0 Å². The van der Waals surface area contributed by atoms with Gasteiger partial charge in [-0.1, -0.05) is 20.8 Å². The van der Waals surface area contributed by atoms with Crippen molar-refractivity contribution < 1.29 is 19.0 Å². The molecule has 1 unspecified atom stereocenters. The van der Waals surface area contributed by atoms with Gasteiger partial charge >= 0.3 is 6.09 Å². The maximum atomic E-state index is 13.5. The van der Waals surface area contributed by atoms with E-state index in [0.717, 1.165) is 5.56 Å². The summed E-state index contributed by atoms with van der Waals surface area (Å²) in [7, 11) is 0. The number of benzene rings is 2. The number of nitrogen functional groups attached to an aromatic ring is 1. The summed E-state index contributed by atoms with van der Waals surface area (Å²) in [5.74, 6) is 0.438. The van der Waals surface area contributed by atoms with E-state index in [0.29, 0.717) is 22.7 Å². The summed E-state index contributed by atoms with van der Waals surface area (Å²) in [4.78, 5) is 11.2. The first-order valence-electron chi connectivity index (χ1n) is 7.90. The number of hydrogen-bond donors (Lipinski definition) is 3. The van der Waals surface area contributed by atoms with Crippen LogP contribution < -0.4 is 15.8 Å². The third kappa shape index (κ3) is 4.86. The van der Waals surface area contributed by atoms with Crippen LogP contribution in [0.15, 0.2) is 36.4 Å². The Balaban J connectivity index is 2.40. The van der Waals surface area contributed by atoms with Gasteiger partial charge < -0.3 is 20.9 Å². The first-order valence-corrected chi connectivity index (χ1v) is 7.90. The highest BCUT2D eigenvalue weighted by Crippen LogP contribution is 2.38. The fourth-order valence-electron chi connectivity index (χ4n) is 2.65. The van der Waals surface area contributed by atoms with Crippen LogP contribution in [-0.2, 0) is 0 Å². The van der Waals surface area contributed by atoms with Crippen LogP contribution >= 0.6 is 0 Å². The van der Waals surface area contributed by atoms with Crippen LogP contribution in [0.5, 0.6) is 11.5 Å². The van der Waals surface area contributed by atoms with E-state index in [2.05, 4.69) is 5.32 Å². The van der Waals surface area contributed by atoms with E-state index >= 15 is 0 Å². The number of rotatable bonds is 4. The lowest BCUT2D eigenvalue weighted by Gasteiger charge is -2.32. The number of carboxylic acid groups (broad SMARTS) is 1. The highest BCUT2D eigenvalue weighted by molar-refractivity contribution is 5.66. The first kappa shape index (κ1) is 18.6. The normalized spacial score (nSPS) is 12.5. The second-order valence-electron chi connectivity index (χ2n) is 7.11. The molecule has 1 amide bonds. The molecule has 0 aliphatic carbocycles. The largest absolute Gasteiger partial charge is 0.465 e. The molecule has 2 rings (SSSR count). The van der Waals surface area contributed by atoms with E-state index in [1.165, 1.54) is 12.1 Å². The molecule has 0 heterocycles. The Morgan fingerprint density at radius 1 is 1.20 bits per heavy atom. The molecule has 2 aromatic carbocycles. The van der Waals surface area contributed by atoms with E-state index in [9.17, 15) is 9.18 Å². The van der Waals surface area contributed by atoms with Gasteiger partial charge in [-0.3, -0.25) is 0 Å². The lowest BCUT2D eigenvalue weighted by atomic mass is 9.81. The number of anilines is 1. The number of nitrogens with one attached hydrogen (secondary N) is 1. The van der Waals surface area contributed by atoms with Crippen molar-refractivity contribution in [2.75, 3.05) is 5.73 Å². The topological polar surface area (TPSA) is 84.6 Å². The molecule has 0 fully saturated rings. The fraction of sp³-hybridized carbons (Fsp3) is 0.316. The maximum Gasteiger partial charge on any atom is 0.405 e. The van der Waals surface area contributed by atoms with Crippen molar-refractivity contribution in [1.29, 1.82) is 0 Å². The summed E-state index contributed by atoms with van der Waals surface area (Å²) in [5.41, 5.74) is 7.46. The Kier molecular flexibility index (Phi) is 5.21. The zero-order valence-electron chi connectivity index (χ0n) is 14.8. The van der Waals surface area contributed by atoms with Crippen LogP contribution in [0.2, 0.25) is 0 Å². The van der Waals surface area contributed by atoms with Crippen LogP contribution in [0.3, 0.4) is 0 Å². The minimum absolute atomic E-state index is 0.367. The molecule has 0 bridgehead atoms. The molecule has 25 heavy (non-hydrogen) atoms. The zero-order chi connectivity index (χ0) is 18.8. The SMILES string of the molecule is Cc1cc(F)cc(Oc2ccc(N)c(C(NC(=O)O)C(C)(C)C)c2)c1. The summed E-state index contributed by atoms with van der Waals surface area (Å²) in [6, 6.07) is 8.89. The fourth-order valence-corrected chi connectivity index (χ4v) is 2.65. The number of carbonyl (C=O) groups is 1. The van der Waals surface area contributed by atoms with E-state index in [4.69, 9.17) is 15.6 Å². The number of aryl methyl sites for hydroxylation is 1. The van der Waals surface area contributed by atoms with Gasteiger partial charge in [0.05, 0.1) is 6.04 Å². The highest BCUT2D eigenvalue weighted by atomic mass is 19.1. The Morgan fingerprint density at radius 2 is 1.88 bits per heavy atom. The van der Waals surface area contributed by atoms with Crippen molar-refractivity contribution in [3.63, 3.8) is 0 Å². The number of nitrogens with two attached hydrogens (primary N) is 1. The Morgan fingerprint density at radius 3 is 2.44 bits per heavy atom. The molecule has 0 saturated carbocycles. The van der Waals surface area contributed by atoms with Crippen LogP contribution in [0.1, 0.15) is 37.9 Å². The molecule has 5 nitrogen and oxygen atoms in total. The van der Waals surface area contributed by atoms with Gasteiger partial charge in [-0.25, -0.2) is 9.18 Å². The average Bonchev–Trinajstić information content (AvgIpc) is 2.44. The zero-order valence-corrected chi connectivity index (χ0v) is 14.8. The van der Waals surface area contributed by atoms with E-state index in [1.54, 1.807) is 31.2 Å². The predicted molar refractivity (Wildman–Crippen MR) is 95.4 cm³/mol. The molecule has 0 saturated heterocycles. The number of hydrogen-bond acceptors (Lipinski definition) is 3. The second kappa shape index (κ2) is 7.01. The van der Waals surface area contributed by atoms with Crippen LogP contribution in [0.4, 0.5) is 14.9 Å². The van der Waals surface area contributed by atoms with Crippen LogP contribution in [-0.4, -0.2) is 11.2 Å². The molecule has 2 aromatic rings. The van der Waals surface area contributed by atoms with Gasteiger partial charge in [0.1, 0.15) is 17.3 Å². The lowest BCUT2D eigenvalue weighted by Crippen LogP contribution is -2.36. The standard InChI is InChI=1S/C19H23FN2O3/c1-11-7-12(20)9-14(8-11)25-13-5-6-16(21)15(10-13)17(19(2,3)4)22-18(23)24/h5-10,17,22H,21H2,1-4H3,(H,23,24). The van der Waals surface area contributed by atoms with Crippen molar-refractivity contribution in [2.24, 2.45) is 5.41 Å². The summed E-state index contributed by atoms with van der Waals surface area (Å²) in [5, 5.41) is 11.6. The monoisotopic (exact) mass is 346 g/mol. The molecule has 0 aliphatic rings. The molecule has 0 aromatic heterocycles. The van der Waals surface area contributed by atoms with Crippen molar-refractivity contribution in [3.05, 3.63) is 53.3 Å². The first-order chi connectivity index (χ1) is 11.6. The summed E-state index contributed by atoms with van der Waals surface area (Å²) >= 11 is 0. The van der Waals surface area contributed by atoms with E-state index in [-0.39, 0.29) is 5.82 Å². The molecule has 0 aliphatic heterocycles. The maximum absolute atomic E-state index is 13.5. The van der Waals surface area contributed by atoms with Crippen molar-refractivity contribution >= 4 is 11.8 Å². The number of halogens is 1. The van der Waals surface area contributed by atoms with E-state index in [1.807, 2.05) is 20.8 Å². The molecule has 1 atom stereocenters. The van der Waals surface area contributed by atoms with Gasteiger partial charge in [0.25, 0.3) is 0 Å². The summed E-state index contributed by atoms with van der Waals surface area (Å²) in [6.07, 6.45) is -1.13. The molecule has 6 heteroatoms. The third-order valence-electron chi connectivity index (χ3n) is 3.75. The lowest BCUT2D eigenvalue weighted by molar-refractivity contribution is 0.175. The third-order valence-corrected chi connectivity index (χ3v) is 3.75. The van der Waals surface area contributed by atoms with Crippen LogP contribution in [0, 0.1) is 18.2 Å². The quantitative estimate of drug-likeness (QED) is 0.690. The smallest absolute Gasteiger partial charge is 0.405 e. The summed E-state index contributed by atoms with van der Waals surface area (Å²) in [6.45, 7) is 7.51. The summed E-state index contributed by atoms with van der Waals surface area (Å²) < 4.78 is 19.3. The predicted octanol–water partition coefficient (Wildman–Crippen LogP) is 4.86. The Hall–Kier alpha value is -2.76. The van der Waals surface area contributed by atoms with Crippen molar-refractivity contribution in [1.82, 2.24) is 5.32 Å². The van der Waals surface area contributed by atoms with Gasteiger partial charge in [0, 0.05) is 17.3 Å². The second-order valence-corrected chi connectivity index (χ2v) is 7.11. The van der Waals surface area contributed by atoms with Gasteiger partial charge in [-0.05, 0) is 48.2 Å². The molecular formula is C19H23FN2O3. The average molecular weight is 346 g/mol. The van der Waals surface area contributed by atoms with E-state index < -0.39 is 17.6 Å². The number of amides is 1. The molecule has 0 spiro atoms. The van der Waals surface area contributed by atoms with Gasteiger partial charge in [0.2, 0.25) is 0 Å². The minimum atomic E-state index is -1.13. The van der Waals surface area contributed by atoms with Crippen LogP contribution in [0.25, 0.3) is 0 Å². The van der Waals surface area contributed by atoms with Gasteiger partial charge in [-0.15, -0.1) is 0 Å². The Bertz CT molecular complexity index is 764. The molecule has 4 N–H and O–H groups in total. The minimum Gasteiger partial charge on any atom is -0.465 e. The molecular weight excluding hydrogens is 323 g/mol. The molecule has 134 valence electrons. The van der Waals surface area contributed by atoms with Gasteiger partial charge in [-0.2, -0.15) is 0 Å². The number of ether oxygens (including phenoxy) is 1.